The van der Waals surface area contributed by atoms with E-state index in [-0.39, 0.29) is 31.3 Å². The van der Waals surface area contributed by atoms with E-state index in [9.17, 15) is 18.0 Å². The summed E-state index contributed by atoms with van der Waals surface area (Å²) in [6, 6.07) is 7.31. The molecule has 2 atom stereocenters. The zero-order chi connectivity index (χ0) is 19.4. The van der Waals surface area contributed by atoms with E-state index in [2.05, 4.69) is 10.2 Å². The van der Waals surface area contributed by atoms with Gasteiger partial charge in [-0.2, -0.15) is 13.2 Å². The first-order chi connectivity index (χ1) is 12.8. The molecule has 1 aromatic carbocycles. The van der Waals surface area contributed by atoms with Gasteiger partial charge in [0.1, 0.15) is 0 Å². The average molecular weight is 404 g/mol. The van der Waals surface area contributed by atoms with Crippen LogP contribution in [0.1, 0.15) is 25.7 Å². The number of halogens is 4. The number of carbonyl (C=O) groups excluding carboxylic acids is 1. The van der Waals surface area contributed by atoms with E-state index in [1.165, 1.54) is 0 Å². The molecular weight excluding hydrogens is 379 g/mol. The van der Waals surface area contributed by atoms with Gasteiger partial charge in [0.15, 0.2) is 0 Å². The first kappa shape index (κ1) is 20.3. The second-order valence-corrected chi connectivity index (χ2v) is 7.85. The van der Waals surface area contributed by atoms with Crippen LogP contribution in [0, 0.1) is 5.92 Å². The van der Waals surface area contributed by atoms with Gasteiger partial charge in [-0.15, -0.1) is 0 Å². The summed E-state index contributed by atoms with van der Waals surface area (Å²) in [4.78, 5) is 16.5. The summed E-state index contributed by atoms with van der Waals surface area (Å²) < 4.78 is 38.7. The van der Waals surface area contributed by atoms with Crippen molar-refractivity contribution in [3.05, 3.63) is 29.3 Å². The van der Waals surface area contributed by atoms with E-state index < -0.39 is 12.1 Å². The van der Waals surface area contributed by atoms with Gasteiger partial charge in [0.2, 0.25) is 5.91 Å². The summed E-state index contributed by atoms with van der Waals surface area (Å²) in [6.45, 7) is 3.27. The molecule has 2 unspecified atom stereocenters. The fraction of sp³-hybridized carbons (Fsp3) is 0.632. The lowest BCUT2D eigenvalue weighted by Crippen LogP contribution is -2.51. The summed E-state index contributed by atoms with van der Waals surface area (Å²) in [6.07, 6.45) is -2.87. The van der Waals surface area contributed by atoms with E-state index in [4.69, 9.17) is 11.6 Å². The number of nitrogens with one attached hydrogen (secondary N) is 1. The summed E-state index contributed by atoms with van der Waals surface area (Å²) in [7, 11) is 0. The molecule has 0 bridgehead atoms. The van der Waals surface area contributed by atoms with E-state index in [1.807, 2.05) is 29.2 Å². The lowest BCUT2D eigenvalue weighted by atomic mass is 9.85. The Labute approximate surface area is 162 Å². The zero-order valence-electron chi connectivity index (χ0n) is 15.1. The molecule has 1 aliphatic carbocycles. The topological polar surface area (TPSA) is 35.6 Å². The number of piperazine rings is 1. The molecular formula is C19H25ClF3N3O. The third-order valence-corrected chi connectivity index (χ3v) is 5.65. The van der Waals surface area contributed by atoms with Crippen molar-refractivity contribution < 1.29 is 18.0 Å². The van der Waals surface area contributed by atoms with Crippen LogP contribution in [0.3, 0.4) is 0 Å². The van der Waals surface area contributed by atoms with Crippen molar-refractivity contribution in [3.8, 4) is 0 Å². The molecule has 1 aliphatic heterocycles. The Balaban J connectivity index is 1.43. The van der Waals surface area contributed by atoms with Gasteiger partial charge in [0.05, 0.1) is 12.5 Å². The molecule has 0 radical (unpaired) electrons. The van der Waals surface area contributed by atoms with Crippen LogP contribution in [0.4, 0.5) is 18.9 Å². The molecule has 2 fully saturated rings. The summed E-state index contributed by atoms with van der Waals surface area (Å²) in [5, 5.41) is 3.50. The molecule has 1 amide bonds. The molecule has 27 heavy (non-hydrogen) atoms. The van der Waals surface area contributed by atoms with E-state index in [0.717, 1.165) is 31.9 Å². The number of rotatable bonds is 4. The van der Waals surface area contributed by atoms with Gasteiger partial charge in [-0.05, 0) is 37.5 Å². The Morgan fingerprint density at radius 3 is 2.59 bits per heavy atom. The van der Waals surface area contributed by atoms with Crippen molar-refractivity contribution >= 4 is 23.2 Å². The molecule has 1 saturated carbocycles. The minimum Gasteiger partial charge on any atom is -0.369 e. The van der Waals surface area contributed by atoms with Crippen LogP contribution in [0.15, 0.2) is 24.3 Å². The lowest BCUT2D eigenvalue weighted by molar-refractivity contribution is -0.184. The number of nitrogens with zero attached hydrogens (tertiary/aromatic N) is 2. The van der Waals surface area contributed by atoms with Gasteiger partial charge in [-0.25, -0.2) is 0 Å². The first-order valence-corrected chi connectivity index (χ1v) is 9.78. The average Bonchev–Trinajstić information content (AvgIpc) is 2.62. The third kappa shape index (κ3) is 5.75. The van der Waals surface area contributed by atoms with Crippen molar-refractivity contribution in [2.24, 2.45) is 5.92 Å². The molecule has 1 saturated heterocycles. The fourth-order valence-electron chi connectivity index (χ4n) is 3.93. The number of carbonyl (C=O) groups is 1. The molecule has 2 aliphatic rings. The third-order valence-electron chi connectivity index (χ3n) is 5.42. The standard InChI is InChI=1S/C19H25ClF3N3O/c20-15-4-2-6-17(12-15)26-9-7-25(8-10-26)13-18(27)24-16-5-1-3-14(11-16)19(21,22)23/h2,4,6,12,14,16H,1,3,5,7-11,13H2,(H,24,27). The molecule has 0 spiro atoms. The number of benzene rings is 1. The van der Waals surface area contributed by atoms with Crippen LogP contribution in [0.2, 0.25) is 5.02 Å². The predicted octanol–water partition coefficient (Wildman–Crippen LogP) is 3.70. The number of hydrogen-bond donors (Lipinski definition) is 1. The van der Waals surface area contributed by atoms with Crippen LogP contribution in [0.5, 0.6) is 0 Å². The normalized spacial score (nSPS) is 24.7. The second-order valence-electron chi connectivity index (χ2n) is 7.41. The largest absolute Gasteiger partial charge is 0.391 e. The second kappa shape index (κ2) is 8.69. The van der Waals surface area contributed by atoms with Crippen LogP contribution in [0.25, 0.3) is 0 Å². The molecule has 150 valence electrons. The van der Waals surface area contributed by atoms with Crippen LogP contribution < -0.4 is 10.2 Å². The maximum Gasteiger partial charge on any atom is 0.391 e. The number of amides is 1. The maximum atomic E-state index is 12.9. The monoisotopic (exact) mass is 403 g/mol. The number of alkyl halides is 3. The minimum absolute atomic E-state index is 0.00220. The highest BCUT2D eigenvalue weighted by molar-refractivity contribution is 6.30. The predicted molar refractivity (Wildman–Crippen MR) is 100 cm³/mol. The molecule has 8 heteroatoms. The highest BCUT2D eigenvalue weighted by Crippen LogP contribution is 2.37. The van der Waals surface area contributed by atoms with Crippen LogP contribution in [-0.2, 0) is 4.79 Å². The highest BCUT2D eigenvalue weighted by atomic mass is 35.5. The SMILES string of the molecule is O=C(CN1CCN(c2cccc(Cl)c2)CC1)NC1CCCC(C(F)(F)F)C1. The van der Waals surface area contributed by atoms with Gasteiger partial charge in [-0.3, -0.25) is 9.69 Å². The Morgan fingerprint density at radius 1 is 1.19 bits per heavy atom. The zero-order valence-corrected chi connectivity index (χ0v) is 15.9. The van der Waals surface area contributed by atoms with Crippen LogP contribution >= 0.6 is 11.6 Å². The molecule has 0 aromatic heterocycles. The first-order valence-electron chi connectivity index (χ1n) is 9.40. The van der Waals surface area contributed by atoms with Crippen molar-refractivity contribution in [3.63, 3.8) is 0 Å². The van der Waals surface area contributed by atoms with Crippen molar-refractivity contribution in [2.45, 2.75) is 37.9 Å². The highest BCUT2D eigenvalue weighted by Gasteiger charge is 2.42. The summed E-state index contributed by atoms with van der Waals surface area (Å²) >= 11 is 6.03. The molecule has 1 aromatic rings. The van der Waals surface area contributed by atoms with Gasteiger partial charge in [-0.1, -0.05) is 24.1 Å². The summed E-state index contributed by atoms with van der Waals surface area (Å²) in [5.41, 5.74) is 1.06. The van der Waals surface area contributed by atoms with Gasteiger partial charge in [0.25, 0.3) is 0 Å². The fourth-order valence-corrected chi connectivity index (χ4v) is 4.12. The number of hydrogen-bond acceptors (Lipinski definition) is 3. The quantitative estimate of drug-likeness (QED) is 0.832. The van der Waals surface area contributed by atoms with Gasteiger partial charge < -0.3 is 10.2 Å². The summed E-state index contributed by atoms with van der Waals surface area (Å²) in [5.74, 6) is -1.48. The Kier molecular flexibility index (Phi) is 6.52. The van der Waals surface area contributed by atoms with Crippen molar-refractivity contribution in [1.82, 2.24) is 10.2 Å². The van der Waals surface area contributed by atoms with Gasteiger partial charge >= 0.3 is 6.18 Å². The Morgan fingerprint density at radius 2 is 1.93 bits per heavy atom. The molecule has 1 heterocycles. The van der Waals surface area contributed by atoms with E-state index >= 15 is 0 Å². The molecule has 4 nitrogen and oxygen atoms in total. The van der Waals surface area contributed by atoms with Crippen molar-refractivity contribution in [2.75, 3.05) is 37.6 Å². The van der Waals surface area contributed by atoms with E-state index in [0.29, 0.717) is 17.9 Å². The van der Waals surface area contributed by atoms with E-state index in [1.54, 1.807) is 0 Å². The molecule has 1 N–H and O–H groups in total. The maximum absolute atomic E-state index is 12.9. The smallest absolute Gasteiger partial charge is 0.369 e. The Hall–Kier alpha value is -1.47. The van der Waals surface area contributed by atoms with Gasteiger partial charge in [0, 0.05) is 42.9 Å². The molecule has 3 rings (SSSR count). The lowest BCUT2D eigenvalue weighted by Gasteiger charge is -2.36. The van der Waals surface area contributed by atoms with Crippen LogP contribution in [-0.4, -0.2) is 55.7 Å². The van der Waals surface area contributed by atoms with Crippen molar-refractivity contribution in [1.29, 1.82) is 0 Å². The Bertz CT molecular complexity index is 647. The number of anilines is 1. The minimum atomic E-state index is -4.17.